The van der Waals surface area contributed by atoms with Crippen LogP contribution < -0.4 is 27.4 Å². The SMILES string of the molecule is COC(=O)N1CCC(=O)N2[C@H](CC[C@H]2C(=O)N[C@@H](CCC(N)=O)C(=O)N[C@@H](Cc2ccc(F)c(F)c2)C(=O)N2CCC(CCCc3ccc4c(c3)n(C)c(=O)n4C3CCC(=O)NC3=O)CC2)CC1. The number of aryl methyl sites for hydroxylation is 2. The van der Waals surface area contributed by atoms with Crippen molar-refractivity contribution in [2.45, 2.75) is 120 Å². The number of piperidine rings is 2. The van der Waals surface area contributed by atoms with Gasteiger partial charge in [-0.2, -0.15) is 0 Å². The highest BCUT2D eigenvalue weighted by Gasteiger charge is 2.43. The van der Waals surface area contributed by atoms with E-state index in [2.05, 4.69) is 16.0 Å². The molecule has 4 aliphatic heterocycles. The van der Waals surface area contributed by atoms with Gasteiger partial charge in [-0.05, 0) is 106 Å². The van der Waals surface area contributed by atoms with Gasteiger partial charge in [0, 0.05) is 65.0 Å². The van der Waals surface area contributed by atoms with Gasteiger partial charge in [0.2, 0.25) is 41.4 Å². The Morgan fingerprint density at radius 2 is 1.56 bits per heavy atom. The molecule has 0 radical (unpaired) electrons. The zero-order valence-corrected chi connectivity index (χ0v) is 38.3. The Bertz CT molecular complexity index is 2520. The highest BCUT2D eigenvalue weighted by atomic mass is 19.2. The molecule has 0 aliphatic carbocycles. The number of nitrogens with two attached hydrogens (primary N) is 1. The van der Waals surface area contributed by atoms with Crippen molar-refractivity contribution >= 4 is 58.5 Å². The standard InChI is InChI=1S/C47H59F2N9O10/c1-54-38-26-28(7-11-35(38)58(46(54)66)37-13-15-40(60)53-44(37)64)5-3-4-27-16-20-55(21-17-27)45(65)34(25-29-6-9-31(48)32(49)24-29)52-42(62)33(10-14-39(50)59)51-43(63)36-12-8-30-18-22-56(47(67)68-2)23-19-41(61)57(30)36/h6-7,9,11,24,26-27,30,33-34,36-37H,3-5,8,10,12-23,25H2,1-2H3,(H2,50,59)(H,51,63)(H,52,62)(H,53,60,64)/t30-,33+,34+,36+,37?/m1/s1. The topological polar surface area (TPSA) is 245 Å². The number of primary amides is 1. The van der Waals surface area contributed by atoms with E-state index < -0.39 is 71.4 Å². The van der Waals surface area contributed by atoms with Crippen LogP contribution in [0.15, 0.2) is 41.2 Å². The molecule has 7 rings (SSSR count). The minimum atomic E-state index is -1.35. The summed E-state index contributed by atoms with van der Waals surface area (Å²) in [7, 11) is 2.91. The van der Waals surface area contributed by atoms with E-state index in [1.54, 1.807) is 11.9 Å². The number of carbonyl (C=O) groups is 8. The number of halogens is 2. The van der Waals surface area contributed by atoms with E-state index in [0.717, 1.165) is 30.5 Å². The van der Waals surface area contributed by atoms with Gasteiger partial charge in [-0.3, -0.25) is 48.0 Å². The Morgan fingerprint density at radius 1 is 0.824 bits per heavy atom. The first kappa shape index (κ1) is 49.2. The molecule has 8 amide bonds. The van der Waals surface area contributed by atoms with Crippen LogP contribution in [0.1, 0.15) is 94.2 Å². The van der Waals surface area contributed by atoms with Crippen molar-refractivity contribution in [3.63, 3.8) is 0 Å². The second-order valence-corrected chi connectivity index (χ2v) is 18.3. The largest absolute Gasteiger partial charge is 0.453 e. The summed E-state index contributed by atoms with van der Waals surface area (Å²) < 4.78 is 36.2. The number of rotatable bonds is 15. The average molecular weight is 948 g/mol. The fourth-order valence-electron chi connectivity index (χ4n) is 10.1. The summed E-state index contributed by atoms with van der Waals surface area (Å²) in [5.41, 5.74) is 7.64. The number of nitrogens with zero attached hydrogens (tertiary/aromatic N) is 5. The second-order valence-electron chi connectivity index (χ2n) is 18.3. The number of methoxy groups -OCH3 is 1. The maximum Gasteiger partial charge on any atom is 0.409 e. The minimum Gasteiger partial charge on any atom is -0.453 e. The number of carbonyl (C=O) groups excluding carboxylic acids is 8. The molecule has 5 atom stereocenters. The Kier molecular flexibility index (Phi) is 15.6. The number of hydrogen-bond donors (Lipinski definition) is 4. The first-order valence-electron chi connectivity index (χ1n) is 23.3. The summed E-state index contributed by atoms with van der Waals surface area (Å²) in [6, 6.07) is 4.23. The van der Waals surface area contributed by atoms with Crippen molar-refractivity contribution in [3.05, 3.63) is 69.6 Å². The molecule has 5 heterocycles. The zero-order chi connectivity index (χ0) is 48.8. The van der Waals surface area contributed by atoms with E-state index in [-0.39, 0.29) is 80.1 Å². The molecule has 68 heavy (non-hydrogen) atoms. The van der Waals surface area contributed by atoms with Crippen molar-refractivity contribution in [1.82, 2.24) is 39.8 Å². The summed E-state index contributed by atoms with van der Waals surface area (Å²) in [5.74, 6) is -5.77. The van der Waals surface area contributed by atoms with Crippen molar-refractivity contribution in [1.29, 1.82) is 0 Å². The lowest BCUT2D eigenvalue weighted by Gasteiger charge is -2.35. The van der Waals surface area contributed by atoms with E-state index in [1.165, 1.54) is 32.1 Å². The number of imide groups is 1. The molecule has 0 spiro atoms. The fraction of sp³-hybridized carbons (Fsp3) is 0.553. The number of hydrogen-bond acceptors (Lipinski definition) is 10. The second kappa shape index (κ2) is 21.5. The molecule has 366 valence electrons. The molecule has 3 aromatic rings. The van der Waals surface area contributed by atoms with E-state index in [9.17, 15) is 51.9 Å². The predicted octanol–water partition coefficient (Wildman–Crippen LogP) is 1.86. The van der Waals surface area contributed by atoms with Gasteiger partial charge in [0.05, 0.1) is 18.1 Å². The highest BCUT2D eigenvalue weighted by Crippen LogP contribution is 2.30. The lowest BCUT2D eigenvalue weighted by atomic mass is 9.90. The summed E-state index contributed by atoms with van der Waals surface area (Å²) in [6.07, 6.45) is 3.97. The summed E-state index contributed by atoms with van der Waals surface area (Å²) >= 11 is 0. The van der Waals surface area contributed by atoms with Crippen LogP contribution in [0.3, 0.4) is 0 Å². The summed E-state index contributed by atoms with van der Waals surface area (Å²) in [5, 5.41) is 7.75. The molecule has 1 unspecified atom stereocenters. The molecule has 4 fully saturated rings. The summed E-state index contributed by atoms with van der Waals surface area (Å²) in [4.78, 5) is 122. The minimum absolute atomic E-state index is 0.0424. The summed E-state index contributed by atoms with van der Waals surface area (Å²) in [6.45, 7) is 1.15. The Hall–Kier alpha value is -6.67. The first-order valence-corrected chi connectivity index (χ1v) is 23.3. The van der Waals surface area contributed by atoms with Crippen LogP contribution in [0, 0.1) is 17.6 Å². The van der Waals surface area contributed by atoms with Crippen molar-refractivity contribution in [2.75, 3.05) is 33.3 Å². The monoisotopic (exact) mass is 947 g/mol. The smallest absolute Gasteiger partial charge is 0.409 e. The van der Waals surface area contributed by atoms with Crippen LogP contribution >= 0.6 is 0 Å². The Labute approximate surface area is 391 Å². The maximum atomic E-state index is 14.4. The third-order valence-electron chi connectivity index (χ3n) is 13.9. The molecular formula is C47H59F2N9O10. The van der Waals surface area contributed by atoms with Gasteiger partial charge in [-0.15, -0.1) is 0 Å². The lowest BCUT2D eigenvalue weighted by Crippen LogP contribution is -2.58. The third-order valence-corrected chi connectivity index (χ3v) is 13.9. The van der Waals surface area contributed by atoms with Crippen molar-refractivity contribution < 1.29 is 51.9 Å². The number of benzene rings is 2. The molecule has 5 N–H and O–H groups in total. The molecule has 4 saturated heterocycles. The molecule has 0 saturated carbocycles. The van der Waals surface area contributed by atoms with E-state index in [0.29, 0.717) is 69.2 Å². The van der Waals surface area contributed by atoms with Gasteiger partial charge in [0.25, 0.3) is 0 Å². The average Bonchev–Trinajstić information content (AvgIpc) is 3.84. The van der Waals surface area contributed by atoms with Gasteiger partial charge in [-0.1, -0.05) is 12.1 Å². The van der Waals surface area contributed by atoms with E-state index in [1.807, 2.05) is 18.2 Å². The number of imidazole rings is 1. The molecule has 2 aromatic carbocycles. The number of ether oxygens (including phenoxy) is 1. The highest BCUT2D eigenvalue weighted by molar-refractivity contribution is 6.00. The lowest BCUT2D eigenvalue weighted by molar-refractivity contribution is -0.142. The number of likely N-dealkylation sites (tertiary alicyclic amines) is 1. The van der Waals surface area contributed by atoms with Crippen LogP contribution in [0.4, 0.5) is 13.6 Å². The fourth-order valence-corrected chi connectivity index (χ4v) is 10.1. The van der Waals surface area contributed by atoms with Crippen molar-refractivity contribution in [3.8, 4) is 0 Å². The van der Waals surface area contributed by atoms with Gasteiger partial charge in [0.15, 0.2) is 11.6 Å². The van der Waals surface area contributed by atoms with Gasteiger partial charge < -0.3 is 35.8 Å². The van der Waals surface area contributed by atoms with E-state index in [4.69, 9.17) is 10.5 Å². The number of amides is 8. The molecule has 0 bridgehead atoms. The molecule has 1 aromatic heterocycles. The quantitative estimate of drug-likeness (QED) is 0.161. The van der Waals surface area contributed by atoms with Crippen LogP contribution in [-0.2, 0) is 58.2 Å². The van der Waals surface area contributed by atoms with Crippen LogP contribution in [0.2, 0.25) is 0 Å². The maximum absolute atomic E-state index is 14.4. The molecule has 19 nitrogen and oxygen atoms in total. The zero-order valence-electron chi connectivity index (χ0n) is 38.3. The van der Waals surface area contributed by atoms with E-state index >= 15 is 0 Å². The normalized spacial score (nSPS) is 21.1. The van der Waals surface area contributed by atoms with Crippen LogP contribution in [0.25, 0.3) is 11.0 Å². The van der Waals surface area contributed by atoms with Crippen LogP contribution in [0.5, 0.6) is 0 Å². The number of fused-ring (bicyclic) bond motifs is 2. The van der Waals surface area contributed by atoms with Crippen LogP contribution in [-0.4, -0.2) is 129 Å². The molecule has 4 aliphatic rings. The molecule has 21 heteroatoms. The Balaban J connectivity index is 0.980. The first-order chi connectivity index (χ1) is 32.5. The molecular weight excluding hydrogens is 889 g/mol. The van der Waals surface area contributed by atoms with Crippen molar-refractivity contribution in [2.24, 2.45) is 18.7 Å². The Morgan fingerprint density at radius 3 is 2.26 bits per heavy atom. The van der Waals surface area contributed by atoms with Gasteiger partial charge >= 0.3 is 11.8 Å². The number of nitrogens with one attached hydrogen (secondary N) is 3. The predicted molar refractivity (Wildman–Crippen MR) is 240 cm³/mol. The van der Waals surface area contributed by atoms with Gasteiger partial charge in [-0.25, -0.2) is 18.4 Å². The number of aromatic nitrogens is 2. The third kappa shape index (κ3) is 11.2. The van der Waals surface area contributed by atoms with Gasteiger partial charge in [0.1, 0.15) is 24.2 Å².